The van der Waals surface area contributed by atoms with Crippen LogP contribution in [0.5, 0.6) is 0 Å². The molecule has 0 aliphatic carbocycles. The van der Waals surface area contributed by atoms with Gasteiger partial charge in [0.1, 0.15) is 12.4 Å². The van der Waals surface area contributed by atoms with E-state index in [2.05, 4.69) is 5.10 Å². The summed E-state index contributed by atoms with van der Waals surface area (Å²) in [6, 6.07) is 5.76. The fourth-order valence-electron chi connectivity index (χ4n) is 2.18. The van der Waals surface area contributed by atoms with Crippen LogP contribution in [0.15, 0.2) is 30.5 Å². The van der Waals surface area contributed by atoms with Gasteiger partial charge in [-0.1, -0.05) is 6.92 Å². The second kappa shape index (κ2) is 6.38. The van der Waals surface area contributed by atoms with Crippen LogP contribution in [0.4, 0.5) is 4.39 Å². The molecule has 22 heavy (non-hydrogen) atoms. The molecule has 0 aliphatic rings. The first kappa shape index (κ1) is 15.7. The summed E-state index contributed by atoms with van der Waals surface area (Å²) in [6.45, 7) is 1.48. The molecule has 2 aromatic rings. The number of hydrogen-bond acceptors (Lipinski definition) is 3. The van der Waals surface area contributed by atoms with E-state index >= 15 is 0 Å². The maximum absolute atomic E-state index is 13.0. The highest BCUT2D eigenvalue weighted by atomic mass is 19.1. The van der Waals surface area contributed by atoms with Gasteiger partial charge in [-0.05, 0) is 30.7 Å². The van der Waals surface area contributed by atoms with Crippen molar-refractivity contribution in [3.05, 3.63) is 47.5 Å². The molecule has 0 bridgehead atoms. The van der Waals surface area contributed by atoms with Gasteiger partial charge in [0.05, 0.1) is 23.1 Å². The molecule has 0 saturated carbocycles. The van der Waals surface area contributed by atoms with Crippen LogP contribution in [0.1, 0.15) is 23.0 Å². The summed E-state index contributed by atoms with van der Waals surface area (Å²) in [4.78, 5) is 24.1. The minimum absolute atomic E-state index is 0.343. The van der Waals surface area contributed by atoms with Crippen LogP contribution in [0.2, 0.25) is 0 Å². The molecule has 0 fully saturated rings. The van der Waals surface area contributed by atoms with E-state index in [1.54, 1.807) is 16.8 Å². The number of carbonyl (C=O) groups is 2. The Balaban J connectivity index is 2.37. The fraction of sp³-hybridized carbons (Fsp3) is 0.267. The molecule has 1 N–H and O–H groups in total. The Hall–Kier alpha value is -2.70. The summed E-state index contributed by atoms with van der Waals surface area (Å²) in [5.74, 6) is -1.85. The molecule has 1 amide bonds. The van der Waals surface area contributed by atoms with E-state index in [4.69, 9.17) is 5.11 Å². The molecular formula is C15H16FN3O3. The van der Waals surface area contributed by atoms with Crippen molar-refractivity contribution in [2.24, 2.45) is 0 Å². The molecule has 0 saturated heterocycles. The van der Waals surface area contributed by atoms with Gasteiger partial charge >= 0.3 is 5.97 Å². The van der Waals surface area contributed by atoms with E-state index in [1.807, 2.05) is 6.92 Å². The standard InChI is InChI=1S/C15H16FN3O3/c1-3-13-12(15(22)18(2)9-14(20)21)8-17-19(13)11-6-4-10(16)5-7-11/h4-8H,3,9H2,1-2H3,(H,20,21). The van der Waals surface area contributed by atoms with Crippen molar-refractivity contribution in [1.82, 2.24) is 14.7 Å². The van der Waals surface area contributed by atoms with E-state index in [0.717, 1.165) is 4.90 Å². The molecule has 0 spiro atoms. The number of halogens is 1. The molecule has 1 aromatic heterocycles. The maximum atomic E-state index is 13.0. The van der Waals surface area contributed by atoms with Gasteiger partial charge in [-0.15, -0.1) is 0 Å². The van der Waals surface area contributed by atoms with Gasteiger partial charge in [-0.25, -0.2) is 9.07 Å². The van der Waals surface area contributed by atoms with Crippen molar-refractivity contribution in [1.29, 1.82) is 0 Å². The van der Waals surface area contributed by atoms with Crippen molar-refractivity contribution < 1.29 is 19.1 Å². The summed E-state index contributed by atoms with van der Waals surface area (Å²) in [7, 11) is 1.42. The normalized spacial score (nSPS) is 10.5. The third kappa shape index (κ3) is 3.13. The van der Waals surface area contributed by atoms with E-state index in [9.17, 15) is 14.0 Å². The Morgan fingerprint density at radius 2 is 1.95 bits per heavy atom. The number of amides is 1. The van der Waals surface area contributed by atoms with Gasteiger partial charge in [-0.2, -0.15) is 5.10 Å². The van der Waals surface area contributed by atoms with E-state index in [1.165, 1.54) is 25.4 Å². The first-order valence-electron chi connectivity index (χ1n) is 6.74. The van der Waals surface area contributed by atoms with Gasteiger partial charge in [0.15, 0.2) is 0 Å². The number of nitrogens with zero attached hydrogens (tertiary/aromatic N) is 3. The summed E-state index contributed by atoms with van der Waals surface area (Å²) < 4.78 is 14.6. The van der Waals surface area contributed by atoms with Crippen LogP contribution in [0.3, 0.4) is 0 Å². The van der Waals surface area contributed by atoms with Crippen LogP contribution in [0.25, 0.3) is 5.69 Å². The lowest BCUT2D eigenvalue weighted by Crippen LogP contribution is -2.32. The summed E-state index contributed by atoms with van der Waals surface area (Å²) >= 11 is 0. The van der Waals surface area contributed by atoms with Crippen molar-refractivity contribution in [2.75, 3.05) is 13.6 Å². The van der Waals surface area contributed by atoms with Crippen LogP contribution >= 0.6 is 0 Å². The number of aromatic nitrogens is 2. The van der Waals surface area contributed by atoms with E-state index in [-0.39, 0.29) is 12.4 Å². The van der Waals surface area contributed by atoms with Crippen molar-refractivity contribution in [2.45, 2.75) is 13.3 Å². The molecule has 1 heterocycles. The highest BCUT2D eigenvalue weighted by molar-refractivity contribution is 5.96. The van der Waals surface area contributed by atoms with Crippen molar-refractivity contribution >= 4 is 11.9 Å². The number of hydrogen-bond donors (Lipinski definition) is 1. The van der Waals surface area contributed by atoms with E-state index < -0.39 is 11.9 Å². The maximum Gasteiger partial charge on any atom is 0.323 e. The molecule has 0 radical (unpaired) electrons. The number of carbonyl (C=O) groups excluding carboxylic acids is 1. The number of likely N-dealkylation sites (N-methyl/N-ethyl adjacent to an activating group) is 1. The average Bonchev–Trinajstić information content (AvgIpc) is 2.90. The molecule has 116 valence electrons. The zero-order valence-electron chi connectivity index (χ0n) is 12.3. The second-order valence-corrected chi connectivity index (χ2v) is 4.80. The zero-order chi connectivity index (χ0) is 16.3. The Morgan fingerprint density at radius 1 is 1.32 bits per heavy atom. The molecule has 1 aromatic carbocycles. The Morgan fingerprint density at radius 3 is 2.50 bits per heavy atom. The number of carboxylic acids is 1. The predicted octanol–water partition coefficient (Wildman–Crippen LogP) is 1.73. The number of carboxylic acid groups (broad SMARTS) is 1. The van der Waals surface area contributed by atoms with Crippen LogP contribution in [-0.4, -0.2) is 45.3 Å². The van der Waals surface area contributed by atoms with Crippen molar-refractivity contribution in [3.63, 3.8) is 0 Å². The minimum Gasteiger partial charge on any atom is -0.480 e. The van der Waals surface area contributed by atoms with Gasteiger partial charge in [0.2, 0.25) is 0 Å². The van der Waals surface area contributed by atoms with Gasteiger partial charge in [-0.3, -0.25) is 9.59 Å². The summed E-state index contributed by atoms with van der Waals surface area (Å²) in [5.41, 5.74) is 1.63. The first-order valence-corrected chi connectivity index (χ1v) is 6.74. The Kier molecular flexibility index (Phi) is 4.55. The monoisotopic (exact) mass is 305 g/mol. The highest BCUT2D eigenvalue weighted by Crippen LogP contribution is 2.17. The lowest BCUT2D eigenvalue weighted by Gasteiger charge is -2.15. The smallest absolute Gasteiger partial charge is 0.323 e. The molecule has 0 aliphatic heterocycles. The van der Waals surface area contributed by atoms with Gasteiger partial charge in [0, 0.05) is 7.05 Å². The molecule has 2 rings (SSSR count). The quantitative estimate of drug-likeness (QED) is 0.913. The molecule has 0 atom stereocenters. The zero-order valence-corrected chi connectivity index (χ0v) is 12.3. The van der Waals surface area contributed by atoms with Crippen LogP contribution < -0.4 is 0 Å². The number of aliphatic carboxylic acids is 1. The average molecular weight is 305 g/mol. The first-order chi connectivity index (χ1) is 10.4. The topological polar surface area (TPSA) is 75.4 Å². The van der Waals surface area contributed by atoms with Crippen molar-refractivity contribution in [3.8, 4) is 5.69 Å². The number of benzene rings is 1. The SMILES string of the molecule is CCc1c(C(=O)N(C)CC(=O)O)cnn1-c1ccc(F)cc1. The van der Waals surface area contributed by atoms with E-state index in [0.29, 0.717) is 23.4 Å². The molecule has 6 nitrogen and oxygen atoms in total. The lowest BCUT2D eigenvalue weighted by molar-refractivity contribution is -0.137. The second-order valence-electron chi connectivity index (χ2n) is 4.80. The predicted molar refractivity (Wildman–Crippen MR) is 77.5 cm³/mol. The molecule has 0 unspecified atom stereocenters. The molecular weight excluding hydrogens is 289 g/mol. The third-order valence-corrected chi connectivity index (χ3v) is 3.22. The Bertz CT molecular complexity index is 695. The van der Waals surface area contributed by atoms with Crippen LogP contribution in [0, 0.1) is 5.82 Å². The summed E-state index contributed by atoms with van der Waals surface area (Å²) in [5, 5.41) is 12.9. The van der Waals surface area contributed by atoms with Gasteiger partial charge in [0.25, 0.3) is 5.91 Å². The number of rotatable bonds is 5. The third-order valence-electron chi connectivity index (χ3n) is 3.22. The van der Waals surface area contributed by atoms with Gasteiger partial charge < -0.3 is 10.0 Å². The fourth-order valence-corrected chi connectivity index (χ4v) is 2.18. The summed E-state index contributed by atoms with van der Waals surface area (Å²) in [6.07, 6.45) is 1.93. The Labute approximate surface area is 126 Å². The highest BCUT2D eigenvalue weighted by Gasteiger charge is 2.21. The lowest BCUT2D eigenvalue weighted by atomic mass is 10.1. The minimum atomic E-state index is -1.08. The largest absolute Gasteiger partial charge is 0.480 e. The van der Waals surface area contributed by atoms with Crippen LogP contribution in [-0.2, 0) is 11.2 Å². The molecule has 7 heteroatoms.